The summed E-state index contributed by atoms with van der Waals surface area (Å²) in [5, 5.41) is 5.71. The first kappa shape index (κ1) is 19.8. The highest BCUT2D eigenvalue weighted by Crippen LogP contribution is 2.22. The number of hydrogen-bond acceptors (Lipinski definition) is 5. The van der Waals surface area contributed by atoms with E-state index in [9.17, 15) is 9.59 Å². The molecule has 2 aromatic heterocycles. The van der Waals surface area contributed by atoms with E-state index in [1.54, 1.807) is 11.1 Å². The van der Waals surface area contributed by atoms with Crippen LogP contribution < -0.4 is 5.32 Å². The second-order valence-electron chi connectivity index (χ2n) is 7.66. The van der Waals surface area contributed by atoms with Crippen LogP contribution in [0.1, 0.15) is 18.4 Å². The third-order valence-electron chi connectivity index (χ3n) is 5.62. The summed E-state index contributed by atoms with van der Waals surface area (Å²) in [6.07, 6.45) is 5.41. The van der Waals surface area contributed by atoms with Crippen LogP contribution in [-0.4, -0.2) is 70.9 Å². The number of rotatable bonds is 4. The predicted molar refractivity (Wildman–Crippen MR) is 114 cm³/mol. The third kappa shape index (κ3) is 5.13. The minimum absolute atomic E-state index is 0.0947. The molecule has 0 radical (unpaired) electrons. The normalized spacial score (nSPS) is 20.5. The van der Waals surface area contributed by atoms with E-state index in [2.05, 4.69) is 21.3 Å². The Morgan fingerprint density at radius 2 is 1.97 bits per heavy atom. The van der Waals surface area contributed by atoms with E-state index in [0.29, 0.717) is 13.1 Å². The highest BCUT2D eigenvalue weighted by molar-refractivity contribution is 7.14. The maximum absolute atomic E-state index is 13.0. The summed E-state index contributed by atoms with van der Waals surface area (Å²) in [4.78, 5) is 35.8. The molecular formula is C21H27N5O2S. The molecule has 2 aliphatic heterocycles. The Balaban J connectivity index is 1.26. The molecule has 0 bridgehead atoms. The lowest BCUT2D eigenvalue weighted by molar-refractivity contribution is -0.138. The minimum Gasteiger partial charge on any atom is -0.340 e. The monoisotopic (exact) mass is 413 g/mol. The first-order chi connectivity index (χ1) is 14.2. The van der Waals surface area contributed by atoms with Crippen molar-refractivity contribution in [2.75, 3.05) is 44.6 Å². The third-order valence-corrected chi connectivity index (χ3v) is 6.41. The van der Waals surface area contributed by atoms with Crippen molar-refractivity contribution in [3.05, 3.63) is 47.6 Å². The molecule has 8 heteroatoms. The van der Waals surface area contributed by atoms with Crippen LogP contribution in [0.3, 0.4) is 0 Å². The Morgan fingerprint density at radius 1 is 1.10 bits per heavy atom. The van der Waals surface area contributed by atoms with Gasteiger partial charge in [0.2, 0.25) is 5.91 Å². The number of carbonyl (C=O) groups excluding carboxylic acids is 2. The summed E-state index contributed by atoms with van der Waals surface area (Å²) < 4.78 is 0. The molecule has 0 aliphatic carbocycles. The average molecular weight is 414 g/mol. The Labute approximate surface area is 175 Å². The molecule has 2 aromatic rings. The van der Waals surface area contributed by atoms with E-state index in [1.165, 1.54) is 16.9 Å². The molecule has 2 saturated heterocycles. The van der Waals surface area contributed by atoms with E-state index in [-0.39, 0.29) is 17.9 Å². The molecule has 2 fully saturated rings. The van der Waals surface area contributed by atoms with Gasteiger partial charge in [0, 0.05) is 58.2 Å². The lowest BCUT2D eigenvalue weighted by Crippen LogP contribution is -2.53. The van der Waals surface area contributed by atoms with Gasteiger partial charge in [-0.25, -0.2) is 4.79 Å². The first-order valence-corrected chi connectivity index (χ1v) is 11.1. The first-order valence-electron chi connectivity index (χ1n) is 10.2. The number of pyridine rings is 1. The van der Waals surface area contributed by atoms with E-state index < -0.39 is 0 Å². The molecule has 4 heterocycles. The summed E-state index contributed by atoms with van der Waals surface area (Å²) in [7, 11) is 0. The molecule has 3 amide bonds. The Hall–Kier alpha value is -2.45. The molecule has 0 aromatic carbocycles. The summed E-state index contributed by atoms with van der Waals surface area (Å²) in [5.41, 5.74) is 1.20. The molecule has 2 aliphatic rings. The van der Waals surface area contributed by atoms with Crippen LogP contribution in [-0.2, 0) is 11.3 Å². The van der Waals surface area contributed by atoms with Crippen molar-refractivity contribution < 1.29 is 9.59 Å². The predicted octanol–water partition coefficient (Wildman–Crippen LogP) is 2.73. The number of hydrogen-bond donors (Lipinski definition) is 1. The van der Waals surface area contributed by atoms with Gasteiger partial charge in [-0.05, 0) is 42.0 Å². The summed E-state index contributed by atoms with van der Waals surface area (Å²) in [6.45, 7) is 5.32. The summed E-state index contributed by atoms with van der Waals surface area (Å²) in [5.74, 6) is 0.0994. The Kier molecular flexibility index (Phi) is 6.41. The van der Waals surface area contributed by atoms with Crippen LogP contribution in [0, 0.1) is 5.92 Å². The number of thiophene rings is 1. The standard InChI is InChI=1S/C21H27N5O2S/c27-20(25-11-9-24(10-12-25)15-17-4-1-7-22-14-17)18-5-2-8-26(16-18)21(28)23-19-6-3-13-29-19/h1,3-4,6-7,13-14,18H,2,5,8-12,15-16H2,(H,23,28). The van der Waals surface area contributed by atoms with Gasteiger partial charge >= 0.3 is 6.03 Å². The minimum atomic E-state index is -0.105. The fraction of sp³-hybridized carbons (Fsp3) is 0.476. The van der Waals surface area contributed by atoms with Gasteiger partial charge in [0.05, 0.1) is 10.9 Å². The number of piperazine rings is 1. The molecule has 1 N–H and O–H groups in total. The summed E-state index contributed by atoms with van der Waals surface area (Å²) >= 11 is 1.50. The lowest BCUT2D eigenvalue weighted by Gasteiger charge is -2.39. The van der Waals surface area contributed by atoms with Gasteiger partial charge < -0.3 is 9.80 Å². The number of amides is 3. The van der Waals surface area contributed by atoms with Crippen molar-refractivity contribution in [1.82, 2.24) is 19.7 Å². The van der Waals surface area contributed by atoms with Gasteiger partial charge in [-0.15, -0.1) is 11.3 Å². The zero-order valence-corrected chi connectivity index (χ0v) is 17.3. The van der Waals surface area contributed by atoms with Crippen molar-refractivity contribution >= 4 is 28.3 Å². The number of carbonyl (C=O) groups is 2. The van der Waals surface area contributed by atoms with Crippen LogP contribution >= 0.6 is 11.3 Å². The van der Waals surface area contributed by atoms with Gasteiger partial charge in [0.25, 0.3) is 0 Å². The van der Waals surface area contributed by atoms with Crippen molar-refractivity contribution in [3.8, 4) is 0 Å². The average Bonchev–Trinajstić information content (AvgIpc) is 3.28. The van der Waals surface area contributed by atoms with E-state index in [4.69, 9.17) is 0 Å². The molecule has 7 nitrogen and oxygen atoms in total. The highest BCUT2D eigenvalue weighted by Gasteiger charge is 2.32. The molecule has 0 spiro atoms. The summed E-state index contributed by atoms with van der Waals surface area (Å²) in [6, 6.07) is 7.74. The van der Waals surface area contributed by atoms with E-state index >= 15 is 0 Å². The molecule has 1 unspecified atom stereocenters. The number of piperidine rings is 1. The van der Waals surface area contributed by atoms with Crippen molar-refractivity contribution in [3.63, 3.8) is 0 Å². The van der Waals surface area contributed by atoms with Crippen molar-refractivity contribution in [1.29, 1.82) is 0 Å². The number of nitrogens with zero attached hydrogens (tertiary/aromatic N) is 4. The van der Waals surface area contributed by atoms with Gasteiger partial charge in [-0.1, -0.05) is 6.07 Å². The van der Waals surface area contributed by atoms with Crippen molar-refractivity contribution in [2.24, 2.45) is 5.92 Å². The second-order valence-corrected chi connectivity index (χ2v) is 8.60. The van der Waals surface area contributed by atoms with Gasteiger partial charge in [-0.2, -0.15) is 0 Å². The van der Waals surface area contributed by atoms with Gasteiger partial charge in [-0.3, -0.25) is 20.0 Å². The smallest absolute Gasteiger partial charge is 0.322 e. The fourth-order valence-electron chi connectivity index (χ4n) is 4.03. The molecule has 4 rings (SSSR count). The van der Waals surface area contributed by atoms with Gasteiger partial charge in [0.1, 0.15) is 0 Å². The molecule has 154 valence electrons. The number of urea groups is 1. The van der Waals surface area contributed by atoms with Crippen LogP contribution in [0.5, 0.6) is 0 Å². The number of likely N-dealkylation sites (tertiary alicyclic amines) is 1. The number of aromatic nitrogens is 1. The molecular weight excluding hydrogens is 386 g/mol. The molecule has 29 heavy (non-hydrogen) atoms. The fourth-order valence-corrected chi connectivity index (χ4v) is 4.64. The van der Waals surface area contributed by atoms with Crippen LogP contribution in [0.25, 0.3) is 0 Å². The Morgan fingerprint density at radius 3 is 2.69 bits per heavy atom. The number of nitrogens with one attached hydrogen (secondary N) is 1. The zero-order chi connectivity index (χ0) is 20.1. The second kappa shape index (κ2) is 9.37. The van der Waals surface area contributed by atoms with E-state index in [0.717, 1.165) is 50.6 Å². The van der Waals surface area contributed by atoms with Crippen LogP contribution in [0.15, 0.2) is 42.0 Å². The largest absolute Gasteiger partial charge is 0.340 e. The maximum atomic E-state index is 13.0. The lowest BCUT2D eigenvalue weighted by atomic mass is 9.96. The Bertz CT molecular complexity index is 806. The zero-order valence-electron chi connectivity index (χ0n) is 16.5. The quantitative estimate of drug-likeness (QED) is 0.837. The SMILES string of the molecule is O=C(Nc1cccs1)N1CCCC(C(=O)N2CCN(Cc3cccnc3)CC2)C1. The van der Waals surface area contributed by atoms with Crippen molar-refractivity contribution in [2.45, 2.75) is 19.4 Å². The van der Waals surface area contributed by atoms with E-state index in [1.807, 2.05) is 34.7 Å². The maximum Gasteiger partial charge on any atom is 0.322 e. The number of anilines is 1. The highest BCUT2D eigenvalue weighted by atomic mass is 32.1. The topological polar surface area (TPSA) is 68.8 Å². The van der Waals surface area contributed by atoms with Gasteiger partial charge in [0.15, 0.2) is 0 Å². The van der Waals surface area contributed by atoms with Crippen LogP contribution in [0.4, 0.5) is 9.80 Å². The molecule has 1 atom stereocenters. The van der Waals surface area contributed by atoms with Crippen LogP contribution in [0.2, 0.25) is 0 Å². The molecule has 0 saturated carbocycles.